The summed E-state index contributed by atoms with van der Waals surface area (Å²) in [6.45, 7) is 13.3. The highest BCUT2D eigenvalue weighted by molar-refractivity contribution is 14.0. The third-order valence-electron chi connectivity index (χ3n) is 5.53. The first kappa shape index (κ1) is 28.0. The summed E-state index contributed by atoms with van der Waals surface area (Å²) in [4.78, 5) is 6.94. The SMILES string of the molecule is CCNC(=NCCS(=O)(=O)N1CCc2ccccc21)NC(C)CCCN(CC)CC.I. The monoisotopic (exact) mass is 565 g/mol. The molecule has 0 bridgehead atoms. The van der Waals surface area contributed by atoms with Crippen molar-refractivity contribution in [3.05, 3.63) is 29.8 Å². The standard InChI is InChI=1S/C22H39N5O2S.HI/c1-5-23-22(25-19(4)11-10-16-26(6-2)7-3)24-15-18-30(28,29)27-17-14-20-12-8-9-13-21(20)27;/h8-9,12-13,19H,5-7,10-11,14-18H2,1-4H3,(H2,23,24,25);1H. The van der Waals surface area contributed by atoms with Crippen LogP contribution in [0.4, 0.5) is 5.69 Å². The normalized spacial score (nSPS) is 14.9. The molecule has 1 aromatic carbocycles. The number of para-hydroxylation sites is 1. The van der Waals surface area contributed by atoms with E-state index in [0.29, 0.717) is 12.5 Å². The summed E-state index contributed by atoms with van der Waals surface area (Å²) in [5, 5.41) is 6.64. The van der Waals surface area contributed by atoms with Crippen LogP contribution in [0.5, 0.6) is 0 Å². The first-order valence-corrected chi connectivity index (χ1v) is 12.9. The van der Waals surface area contributed by atoms with Gasteiger partial charge in [0.15, 0.2) is 5.96 Å². The number of nitrogens with zero attached hydrogens (tertiary/aromatic N) is 3. The lowest BCUT2D eigenvalue weighted by Gasteiger charge is -2.21. The zero-order chi connectivity index (χ0) is 22.0. The molecule has 0 saturated heterocycles. The molecule has 0 aliphatic carbocycles. The Kier molecular flexibility index (Phi) is 12.8. The van der Waals surface area contributed by atoms with E-state index in [9.17, 15) is 8.42 Å². The molecule has 1 aliphatic rings. The smallest absolute Gasteiger partial charge is 0.237 e. The van der Waals surface area contributed by atoms with Crippen LogP contribution in [-0.2, 0) is 16.4 Å². The minimum absolute atomic E-state index is 0. The zero-order valence-corrected chi connectivity index (χ0v) is 22.6. The highest BCUT2D eigenvalue weighted by Crippen LogP contribution is 2.29. The van der Waals surface area contributed by atoms with Gasteiger partial charge in [0, 0.05) is 19.1 Å². The first-order valence-electron chi connectivity index (χ1n) is 11.3. The van der Waals surface area contributed by atoms with E-state index in [4.69, 9.17) is 0 Å². The van der Waals surface area contributed by atoms with Gasteiger partial charge in [0.05, 0.1) is 18.0 Å². The van der Waals surface area contributed by atoms with Crippen LogP contribution in [0.2, 0.25) is 0 Å². The third-order valence-corrected chi connectivity index (χ3v) is 7.28. The number of halogens is 1. The molecule has 1 aliphatic heterocycles. The highest BCUT2D eigenvalue weighted by Gasteiger charge is 2.28. The van der Waals surface area contributed by atoms with Gasteiger partial charge in [-0.15, -0.1) is 24.0 Å². The summed E-state index contributed by atoms with van der Waals surface area (Å²) in [5.74, 6) is 0.693. The van der Waals surface area contributed by atoms with Crippen molar-refractivity contribution < 1.29 is 8.42 Å². The van der Waals surface area contributed by atoms with Gasteiger partial charge < -0.3 is 15.5 Å². The molecule has 0 aromatic heterocycles. The number of fused-ring (bicyclic) bond motifs is 1. The molecule has 1 atom stereocenters. The number of aliphatic imine (C=N–C) groups is 1. The van der Waals surface area contributed by atoms with E-state index in [0.717, 1.165) is 56.7 Å². The van der Waals surface area contributed by atoms with E-state index in [1.807, 2.05) is 31.2 Å². The summed E-state index contributed by atoms with van der Waals surface area (Å²) in [6, 6.07) is 8.00. The Bertz CT molecular complexity index is 784. The summed E-state index contributed by atoms with van der Waals surface area (Å²) in [7, 11) is -3.38. The maximum absolute atomic E-state index is 12.8. The van der Waals surface area contributed by atoms with Crippen molar-refractivity contribution in [3.63, 3.8) is 0 Å². The molecular weight excluding hydrogens is 525 g/mol. The maximum atomic E-state index is 12.8. The van der Waals surface area contributed by atoms with Crippen molar-refractivity contribution >= 4 is 45.6 Å². The van der Waals surface area contributed by atoms with Crippen molar-refractivity contribution in [2.24, 2.45) is 4.99 Å². The fourth-order valence-electron chi connectivity index (χ4n) is 3.77. The van der Waals surface area contributed by atoms with Crippen LogP contribution in [0.3, 0.4) is 0 Å². The Balaban J connectivity index is 0.00000480. The van der Waals surface area contributed by atoms with Gasteiger partial charge in [0.25, 0.3) is 0 Å². The molecule has 7 nitrogen and oxygen atoms in total. The molecule has 1 heterocycles. The summed E-state index contributed by atoms with van der Waals surface area (Å²) < 4.78 is 27.2. The van der Waals surface area contributed by atoms with Crippen LogP contribution >= 0.6 is 24.0 Å². The molecule has 0 amide bonds. The molecule has 31 heavy (non-hydrogen) atoms. The Hall–Kier alpha value is -1.07. The topological polar surface area (TPSA) is 77.0 Å². The number of benzene rings is 1. The van der Waals surface area contributed by atoms with Gasteiger partial charge in [-0.2, -0.15) is 0 Å². The lowest BCUT2D eigenvalue weighted by atomic mass is 10.2. The van der Waals surface area contributed by atoms with E-state index in [2.05, 4.69) is 41.3 Å². The number of hydrogen-bond acceptors (Lipinski definition) is 4. The fraction of sp³-hybridized carbons (Fsp3) is 0.682. The molecule has 9 heteroatoms. The van der Waals surface area contributed by atoms with Crippen LogP contribution in [0, 0.1) is 0 Å². The lowest BCUT2D eigenvalue weighted by Crippen LogP contribution is -2.43. The van der Waals surface area contributed by atoms with Gasteiger partial charge in [0.1, 0.15) is 0 Å². The van der Waals surface area contributed by atoms with Gasteiger partial charge >= 0.3 is 0 Å². The lowest BCUT2D eigenvalue weighted by molar-refractivity contribution is 0.292. The van der Waals surface area contributed by atoms with Gasteiger partial charge in [-0.25, -0.2) is 8.42 Å². The average Bonchev–Trinajstić information content (AvgIpc) is 3.16. The van der Waals surface area contributed by atoms with E-state index in [1.165, 1.54) is 4.31 Å². The number of rotatable bonds is 12. The molecule has 1 unspecified atom stereocenters. The minimum Gasteiger partial charge on any atom is -0.357 e. The molecule has 0 fully saturated rings. The van der Waals surface area contributed by atoms with E-state index in [-0.39, 0.29) is 42.3 Å². The zero-order valence-electron chi connectivity index (χ0n) is 19.4. The number of hydrogen-bond donors (Lipinski definition) is 2. The van der Waals surface area contributed by atoms with Gasteiger partial charge in [0.2, 0.25) is 10.0 Å². The Labute approximate surface area is 206 Å². The van der Waals surface area contributed by atoms with Crippen LogP contribution < -0.4 is 14.9 Å². The number of guanidine groups is 1. The van der Waals surface area contributed by atoms with E-state index < -0.39 is 10.0 Å². The number of anilines is 1. The van der Waals surface area contributed by atoms with Crippen molar-refractivity contribution in [3.8, 4) is 0 Å². The maximum Gasteiger partial charge on any atom is 0.237 e. The van der Waals surface area contributed by atoms with Crippen LogP contribution in [0.1, 0.15) is 46.1 Å². The van der Waals surface area contributed by atoms with Gasteiger partial charge in [-0.3, -0.25) is 9.30 Å². The summed E-state index contributed by atoms with van der Waals surface area (Å²) in [5.41, 5.74) is 1.91. The Morgan fingerprint density at radius 1 is 1.23 bits per heavy atom. The second-order valence-electron chi connectivity index (χ2n) is 7.74. The van der Waals surface area contributed by atoms with E-state index in [1.54, 1.807) is 0 Å². The average molecular weight is 566 g/mol. The minimum atomic E-state index is -3.38. The largest absolute Gasteiger partial charge is 0.357 e. The molecule has 0 saturated carbocycles. The third kappa shape index (κ3) is 8.76. The molecule has 2 N–H and O–H groups in total. The predicted molar refractivity (Wildman–Crippen MR) is 142 cm³/mol. The van der Waals surface area contributed by atoms with Crippen molar-refractivity contribution in [1.82, 2.24) is 15.5 Å². The van der Waals surface area contributed by atoms with E-state index >= 15 is 0 Å². The summed E-state index contributed by atoms with van der Waals surface area (Å²) >= 11 is 0. The molecule has 2 rings (SSSR count). The van der Waals surface area contributed by atoms with Crippen LogP contribution in [-0.4, -0.2) is 70.3 Å². The van der Waals surface area contributed by atoms with Gasteiger partial charge in [-0.1, -0.05) is 32.0 Å². The van der Waals surface area contributed by atoms with Crippen molar-refractivity contribution in [1.29, 1.82) is 0 Å². The van der Waals surface area contributed by atoms with Crippen LogP contribution in [0.25, 0.3) is 0 Å². The van der Waals surface area contributed by atoms with Crippen LogP contribution in [0.15, 0.2) is 29.3 Å². The van der Waals surface area contributed by atoms with Crippen molar-refractivity contribution in [2.45, 2.75) is 53.0 Å². The predicted octanol–water partition coefficient (Wildman–Crippen LogP) is 3.06. The second-order valence-corrected chi connectivity index (χ2v) is 9.75. The highest BCUT2D eigenvalue weighted by atomic mass is 127. The van der Waals surface area contributed by atoms with Gasteiger partial charge in [-0.05, 0) is 64.4 Å². The molecule has 0 radical (unpaired) electrons. The Morgan fingerprint density at radius 3 is 2.61 bits per heavy atom. The summed E-state index contributed by atoms with van der Waals surface area (Å²) in [6.07, 6.45) is 2.94. The fourth-order valence-corrected chi connectivity index (χ4v) is 5.16. The Morgan fingerprint density at radius 2 is 1.94 bits per heavy atom. The first-order chi connectivity index (χ1) is 14.4. The molecule has 178 valence electrons. The number of sulfonamides is 1. The molecular formula is C22H40IN5O2S. The molecule has 1 aromatic rings. The van der Waals surface area contributed by atoms with Crippen molar-refractivity contribution in [2.75, 3.05) is 49.3 Å². The number of nitrogens with one attached hydrogen (secondary N) is 2. The molecule has 0 spiro atoms. The quantitative estimate of drug-likeness (QED) is 0.232. The second kappa shape index (κ2) is 14.2.